The predicted molar refractivity (Wildman–Crippen MR) is 76.9 cm³/mol. The van der Waals surface area contributed by atoms with Crippen molar-refractivity contribution >= 4 is 27.7 Å². The van der Waals surface area contributed by atoms with E-state index in [9.17, 15) is 9.59 Å². The maximum atomic E-state index is 11.9. The fourth-order valence-corrected chi connectivity index (χ4v) is 1.99. The molecule has 0 heterocycles. The van der Waals surface area contributed by atoms with Gasteiger partial charge in [-0.2, -0.15) is 0 Å². The normalized spacial score (nSPS) is 14.0. The van der Waals surface area contributed by atoms with E-state index >= 15 is 0 Å². The van der Waals surface area contributed by atoms with E-state index in [1.165, 1.54) is 0 Å². The molecular weight excluding hydrogens is 308 g/mol. The number of benzene rings is 1. The summed E-state index contributed by atoms with van der Waals surface area (Å²) < 4.78 is 0.987. The molecule has 0 aromatic heterocycles. The number of halogens is 1. The Labute approximate surface area is 121 Å². The zero-order chi connectivity index (χ0) is 13.8. The molecule has 102 valence electrons. The molecule has 0 spiro atoms. The number of carbonyl (C=O) groups excluding carboxylic acids is 2. The van der Waals surface area contributed by atoms with Crippen LogP contribution in [0.3, 0.4) is 0 Å². The van der Waals surface area contributed by atoms with Gasteiger partial charge in [0, 0.05) is 29.0 Å². The first-order chi connectivity index (χ1) is 9.08. The van der Waals surface area contributed by atoms with Gasteiger partial charge in [-0.1, -0.05) is 15.9 Å². The van der Waals surface area contributed by atoms with Crippen LogP contribution in [0.25, 0.3) is 0 Å². The van der Waals surface area contributed by atoms with Gasteiger partial charge in [-0.15, -0.1) is 0 Å². The molecule has 0 unspecified atom stereocenters. The van der Waals surface area contributed by atoms with Gasteiger partial charge in [0.2, 0.25) is 5.91 Å². The second kappa shape index (κ2) is 6.19. The van der Waals surface area contributed by atoms with Gasteiger partial charge in [-0.05, 0) is 43.5 Å². The van der Waals surface area contributed by atoms with E-state index in [0.717, 1.165) is 22.9 Å². The molecule has 1 aromatic carbocycles. The van der Waals surface area contributed by atoms with Crippen molar-refractivity contribution in [3.63, 3.8) is 0 Å². The molecule has 1 fully saturated rings. The third-order valence-corrected chi connectivity index (χ3v) is 3.97. The van der Waals surface area contributed by atoms with Crippen molar-refractivity contribution in [2.24, 2.45) is 5.92 Å². The monoisotopic (exact) mass is 324 g/mol. The first-order valence-electron chi connectivity index (χ1n) is 6.40. The number of carbonyl (C=O) groups is 2. The van der Waals surface area contributed by atoms with E-state index in [1.54, 1.807) is 6.07 Å². The minimum atomic E-state index is -0.115. The van der Waals surface area contributed by atoms with E-state index in [2.05, 4.69) is 26.6 Å². The molecule has 2 amide bonds. The molecule has 1 aliphatic rings. The lowest BCUT2D eigenvalue weighted by molar-refractivity contribution is -0.122. The predicted octanol–water partition coefficient (Wildman–Crippen LogP) is 2.01. The first-order valence-corrected chi connectivity index (χ1v) is 7.19. The smallest absolute Gasteiger partial charge is 0.251 e. The maximum Gasteiger partial charge on any atom is 0.251 e. The molecule has 4 nitrogen and oxygen atoms in total. The zero-order valence-electron chi connectivity index (χ0n) is 10.8. The van der Waals surface area contributed by atoms with Crippen molar-refractivity contribution in [1.29, 1.82) is 0 Å². The molecule has 2 rings (SSSR count). The average molecular weight is 325 g/mol. The SMILES string of the molecule is Cc1cc(C(=O)NCCNC(=O)C2CC2)ccc1Br. The van der Waals surface area contributed by atoms with E-state index in [0.29, 0.717) is 18.7 Å². The summed E-state index contributed by atoms with van der Waals surface area (Å²) >= 11 is 3.40. The Morgan fingerprint density at radius 2 is 1.95 bits per heavy atom. The number of amides is 2. The van der Waals surface area contributed by atoms with Crippen molar-refractivity contribution in [1.82, 2.24) is 10.6 Å². The van der Waals surface area contributed by atoms with Crippen LogP contribution in [0.5, 0.6) is 0 Å². The third kappa shape index (κ3) is 4.06. The van der Waals surface area contributed by atoms with Crippen molar-refractivity contribution in [3.05, 3.63) is 33.8 Å². The molecule has 0 bridgehead atoms. The van der Waals surface area contributed by atoms with Crippen molar-refractivity contribution < 1.29 is 9.59 Å². The highest BCUT2D eigenvalue weighted by Gasteiger charge is 2.28. The largest absolute Gasteiger partial charge is 0.354 e. The Balaban J connectivity index is 1.74. The number of nitrogens with one attached hydrogen (secondary N) is 2. The minimum absolute atomic E-state index is 0.105. The summed E-state index contributed by atoms with van der Waals surface area (Å²) in [7, 11) is 0. The highest BCUT2D eigenvalue weighted by molar-refractivity contribution is 9.10. The molecule has 1 saturated carbocycles. The van der Waals surface area contributed by atoms with Crippen LogP contribution >= 0.6 is 15.9 Å². The summed E-state index contributed by atoms with van der Waals surface area (Å²) in [6.45, 7) is 2.87. The van der Waals surface area contributed by atoms with Gasteiger partial charge in [0.05, 0.1) is 0 Å². The Kier molecular flexibility index (Phi) is 4.58. The van der Waals surface area contributed by atoms with Crippen LogP contribution in [-0.2, 0) is 4.79 Å². The van der Waals surface area contributed by atoms with Gasteiger partial charge >= 0.3 is 0 Å². The van der Waals surface area contributed by atoms with Crippen LogP contribution in [0.4, 0.5) is 0 Å². The average Bonchev–Trinajstić information content (AvgIpc) is 3.21. The van der Waals surface area contributed by atoms with Crippen LogP contribution in [-0.4, -0.2) is 24.9 Å². The van der Waals surface area contributed by atoms with Crippen LogP contribution < -0.4 is 10.6 Å². The molecule has 2 N–H and O–H groups in total. The van der Waals surface area contributed by atoms with Crippen molar-refractivity contribution in [2.45, 2.75) is 19.8 Å². The summed E-state index contributed by atoms with van der Waals surface area (Å²) in [5, 5.41) is 5.60. The lowest BCUT2D eigenvalue weighted by atomic mass is 10.1. The Morgan fingerprint density at radius 3 is 2.58 bits per heavy atom. The van der Waals surface area contributed by atoms with Gasteiger partial charge in [0.25, 0.3) is 5.91 Å². The van der Waals surface area contributed by atoms with Crippen LogP contribution in [0.1, 0.15) is 28.8 Å². The molecule has 5 heteroatoms. The van der Waals surface area contributed by atoms with E-state index in [1.807, 2.05) is 19.1 Å². The standard InChI is InChI=1S/C14H17BrN2O2/c1-9-8-11(4-5-12(9)15)14(19)17-7-6-16-13(18)10-2-3-10/h4-5,8,10H,2-3,6-7H2,1H3,(H,16,18)(H,17,19). The summed E-state index contributed by atoms with van der Waals surface area (Å²) in [6.07, 6.45) is 1.99. The lowest BCUT2D eigenvalue weighted by Gasteiger charge is -2.07. The highest BCUT2D eigenvalue weighted by Crippen LogP contribution is 2.28. The topological polar surface area (TPSA) is 58.2 Å². The van der Waals surface area contributed by atoms with Gasteiger partial charge in [0.1, 0.15) is 0 Å². The molecule has 0 radical (unpaired) electrons. The Hall–Kier alpha value is -1.36. The van der Waals surface area contributed by atoms with Crippen molar-refractivity contribution in [2.75, 3.05) is 13.1 Å². The first kappa shape index (κ1) is 14.1. The van der Waals surface area contributed by atoms with Crippen LogP contribution in [0.2, 0.25) is 0 Å². The number of hydrogen-bond acceptors (Lipinski definition) is 2. The highest BCUT2D eigenvalue weighted by atomic mass is 79.9. The van der Waals surface area contributed by atoms with Gasteiger partial charge in [-0.3, -0.25) is 9.59 Å². The van der Waals surface area contributed by atoms with Crippen molar-refractivity contribution in [3.8, 4) is 0 Å². The Morgan fingerprint density at radius 1 is 1.26 bits per heavy atom. The third-order valence-electron chi connectivity index (χ3n) is 3.08. The summed E-state index contributed by atoms with van der Waals surface area (Å²) in [6, 6.07) is 5.47. The second-order valence-corrected chi connectivity index (χ2v) is 5.64. The molecular formula is C14H17BrN2O2. The molecule has 0 atom stereocenters. The lowest BCUT2D eigenvalue weighted by Crippen LogP contribution is -2.35. The summed E-state index contributed by atoms with van der Waals surface area (Å²) in [5.41, 5.74) is 1.66. The molecule has 0 aliphatic heterocycles. The molecule has 0 saturated heterocycles. The number of aryl methyl sites for hydroxylation is 1. The van der Waals surface area contributed by atoms with Gasteiger partial charge in [0.15, 0.2) is 0 Å². The van der Waals surface area contributed by atoms with Crippen LogP contribution in [0, 0.1) is 12.8 Å². The van der Waals surface area contributed by atoms with Crippen LogP contribution in [0.15, 0.2) is 22.7 Å². The quantitative estimate of drug-likeness (QED) is 0.814. The maximum absolute atomic E-state index is 11.9. The summed E-state index contributed by atoms with van der Waals surface area (Å²) in [4.78, 5) is 23.2. The van der Waals surface area contributed by atoms with E-state index < -0.39 is 0 Å². The number of rotatable bonds is 5. The molecule has 1 aromatic rings. The zero-order valence-corrected chi connectivity index (χ0v) is 12.4. The fourth-order valence-electron chi connectivity index (χ4n) is 1.74. The van der Waals surface area contributed by atoms with E-state index in [4.69, 9.17) is 0 Å². The van der Waals surface area contributed by atoms with Gasteiger partial charge in [-0.25, -0.2) is 0 Å². The molecule has 1 aliphatic carbocycles. The van der Waals surface area contributed by atoms with Gasteiger partial charge < -0.3 is 10.6 Å². The second-order valence-electron chi connectivity index (χ2n) is 4.79. The summed E-state index contributed by atoms with van der Waals surface area (Å²) in [5.74, 6) is 0.204. The Bertz CT molecular complexity index is 498. The van der Waals surface area contributed by atoms with E-state index in [-0.39, 0.29) is 17.7 Å². The number of hydrogen-bond donors (Lipinski definition) is 2. The minimum Gasteiger partial charge on any atom is -0.354 e. The fraction of sp³-hybridized carbons (Fsp3) is 0.429. The molecule has 19 heavy (non-hydrogen) atoms.